The molecule has 0 aliphatic heterocycles. The maximum absolute atomic E-state index is 9.77. The van der Waals surface area contributed by atoms with Crippen LogP contribution in [0.3, 0.4) is 0 Å². The standard InChI is InChI=1S/C15H19BrN2O2/c1-18(9-12(19)10-20-2)8-11-5-6-14(16)13-4-3-7-17-15(11)13/h3-7,12,19H,8-10H2,1-2H3. The third-order valence-electron chi connectivity index (χ3n) is 3.12. The molecule has 2 aromatic rings. The SMILES string of the molecule is COCC(O)CN(C)Cc1ccc(Br)c2cccnc12. The first kappa shape index (κ1) is 15.4. The molecule has 0 saturated heterocycles. The molecule has 0 spiro atoms. The van der Waals surface area contributed by atoms with Crippen LogP contribution in [0, 0.1) is 0 Å². The van der Waals surface area contributed by atoms with Crippen LogP contribution in [-0.4, -0.2) is 48.4 Å². The summed E-state index contributed by atoms with van der Waals surface area (Å²) < 4.78 is 5.99. The van der Waals surface area contributed by atoms with Gasteiger partial charge in [-0.1, -0.05) is 28.1 Å². The van der Waals surface area contributed by atoms with E-state index in [1.165, 1.54) is 0 Å². The first-order valence-electron chi connectivity index (χ1n) is 6.49. The number of ether oxygens (including phenoxy) is 1. The maximum atomic E-state index is 9.77. The molecule has 4 nitrogen and oxygen atoms in total. The number of hydrogen-bond acceptors (Lipinski definition) is 4. The Kier molecular flexibility index (Phi) is 5.48. The summed E-state index contributed by atoms with van der Waals surface area (Å²) in [6.45, 7) is 1.66. The zero-order valence-corrected chi connectivity index (χ0v) is 13.3. The average Bonchev–Trinajstić information content (AvgIpc) is 2.42. The van der Waals surface area contributed by atoms with Crippen LogP contribution in [0.4, 0.5) is 0 Å². The van der Waals surface area contributed by atoms with Gasteiger partial charge < -0.3 is 9.84 Å². The number of benzene rings is 1. The maximum Gasteiger partial charge on any atom is 0.0900 e. The molecule has 2 rings (SSSR count). The summed E-state index contributed by atoms with van der Waals surface area (Å²) in [6, 6.07) is 8.09. The lowest BCUT2D eigenvalue weighted by Gasteiger charge is -2.20. The molecule has 1 atom stereocenters. The van der Waals surface area contributed by atoms with E-state index < -0.39 is 6.10 Å². The van der Waals surface area contributed by atoms with E-state index >= 15 is 0 Å². The number of likely N-dealkylation sites (N-methyl/N-ethyl adjacent to an activating group) is 1. The molecule has 0 amide bonds. The van der Waals surface area contributed by atoms with E-state index in [9.17, 15) is 5.11 Å². The van der Waals surface area contributed by atoms with Gasteiger partial charge >= 0.3 is 0 Å². The highest BCUT2D eigenvalue weighted by molar-refractivity contribution is 9.10. The Morgan fingerprint density at radius 1 is 1.40 bits per heavy atom. The van der Waals surface area contributed by atoms with Crippen molar-refractivity contribution in [3.63, 3.8) is 0 Å². The summed E-state index contributed by atoms with van der Waals surface area (Å²) in [5.74, 6) is 0. The summed E-state index contributed by atoms with van der Waals surface area (Å²) in [5, 5.41) is 10.9. The molecule has 1 aromatic heterocycles. The third kappa shape index (κ3) is 3.76. The van der Waals surface area contributed by atoms with Crippen LogP contribution in [0.15, 0.2) is 34.9 Å². The highest BCUT2D eigenvalue weighted by Gasteiger charge is 2.11. The van der Waals surface area contributed by atoms with E-state index in [2.05, 4.69) is 37.9 Å². The largest absolute Gasteiger partial charge is 0.389 e. The third-order valence-corrected chi connectivity index (χ3v) is 3.81. The fourth-order valence-corrected chi connectivity index (χ4v) is 2.74. The smallest absolute Gasteiger partial charge is 0.0900 e. The molecule has 0 bridgehead atoms. The summed E-state index contributed by atoms with van der Waals surface area (Å²) in [6.07, 6.45) is 1.33. The van der Waals surface area contributed by atoms with Gasteiger partial charge in [-0.3, -0.25) is 9.88 Å². The van der Waals surface area contributed by atoms with Gasteiger partial charge in [-0.05, 0) is 24.7 Å². The molecule has 1 heterocycles. The first-order chi connectivity index (χ1) is 9.61. The minimum atomic E-state index is -0.473. The second-order valence-electron chi connectivity index (χ2n) is 4.91. The monoisotopic (exact) mass is 338 g/mol. The van der Waals surface area contributed by atoms with Crippen LogP contribution in [0.2, 0.25) is 0 Å². The van der Waals surface area contributed by atoms with Gasteiger partial charge in [0.2, 0.25) is 0 Å². The van der Waals surface area contributed by atoms with Gasteiger partial charge in [0.25, 0.3) is 0 Å². The number of fused-ring (bicyclic) bond motifs is 1. The quantitative estimate of drug-likeness (QED) is 0.878. The van der Waals surface area contributed by atoms with Crippen LogP contribution < -0.4 is 0 Å². The van der Waals surface area contributed by atoms with Crippen molar-refractivity contribution in [3.8, 4) is 0 Å². The number of hydrogen-bond donors (Lipinski definition) is 1. The number of halogens is 1. The summed E-state index contributed by atoms with van der Waals surface area (Å²) >= 11 is 3.55. The number of aliphatic hydroxyl groups is 1. The molecule has 0 radical (unpaired) electrons. The number of pyridine rings is 1. The van der Waals surface area contributed by atoms with E-state index in [-0.39, 0.29) is 0 Å². The summed E-state index contributed by atoms with van der Waals surface area (Å²) in [4.78, 5) is 6.54. The Morgan fingerprint density at radius 2 is 2.20 bits per heavy atom. The molecular weight excluding hydrogens is 320 g/mol. The van der Waals surface area contributed by atoms with Crippen molar-refractivity contribution < 1.29 is 9.84 Å². The zero-order valence-electron chi connectivity index (χ0n) is 11.7. The number of rotatable bonds is 6. The lowest BCUT2D eigenvalue weighted by molar-refractivity contribution is 0.0419. The second kappa shape index (κ2) is 7.13. The molecule has 0 aliphatic carbocycles. The number of aromatic nitrogens is 1. The first-order valence-corrected chi connectivity index (χ1v) is 7.28. The van der Waals surface area contributed by atoms with Gasteiger partial charge in [0, 0.05) is 36.3 Å². The van der Waals surface area contributed by atoms with Gasteiger partial charge in [-0.25, -0.2) is 0 Å². The van der Waals surface area contributed by atoms with Gasteiger partial charge in [-0.15, -0.1) is 0 Å². The van der Waals surface area contributed by atoms with Crippen molar-refractivity contribution in [2.75, 3.05) is 27.3 Å². The molecule has 0 saturated carbocycles. The summed E-state index contributed by atoms with van der Waals surface area (Å²) in [5.41, 5.74) is 2.14. The topological polar surface area (TPSA) is 45.6 Å². The fraction of sp³-hybridized carbons (Fsp3) is 0.400. The van der Waals surface area contributed by atoms with Crippen molar-refractivity contribution in [1.82, 2.24) is 9.88 Å². The van der Waals surface area contributed by atoms with Crippen molar-refractivity contribution >= 4 is 26.8 Å². The van der Waals surface area contributed by atoms with Gasteiger partial charge in [0.05, 0.1) is 18.2 Å². The van der Waals surface area contributed by atoms with E-state index in [0.29, 0.717) is 13.2 Å². The van der Waals surface area contributed by atoms with Crippen molar-refractivity contribution in [2.24, 2.45) is 0 Å². The Balaban J connectivity index is 2.15. The van der Waals surface area contributed by atoms with E-state index in [1.54, 1.807) is 13.3 Å². The lowest BCUT2D eigenvalue weighted by Crippen LogP contribution is -2.31. The van der Waals surface area contributed by atoms with Crippen LogP contribution >= 0.6 is 15.9 Å². The second-order valence-corrected chi connectivity index (χ2v) is 5.77. The molecule has 108 valence electrons. The van der Waals surface area contributed by atoms with Gasteiger partial charge in [0.15, 0.2) is 0 Å². The normalized spacial score (nSPS) is 13.1. The number of aliphatic hydroxyl groups excluding tert-OH is 1. The van der Waals surface area contributed by atoms with E-state index in [4.69, 9.17) is 4.74 Å². The van der Waals surface area contributed by atoms with Crippen molar-refractivity contribution in [1.29, 1.82) is 0 Å². The molecule has 1 unspecified atom stereocenters. The van der Waals surface area contributed by atoms with E-state index in [0.717, 1.165) is 27.5 Å². The molecule has 1 aromatic carbocycles. The molecular formula is C15H19BrN2O2. The Bertz CT molecular complexity index is 577. The Hall–Kier alpha value is -1.01. The molecule has 1 N–H and O–H groups in total. The van der Waals surface area contributed by atoms with Gasteiger partial charge in [-0.2, -0.15) is 0 Å². The molecule has 20 heavy (non-hydrogen) atoms. The minimum Gasteiger partial charge on any atom is -0.389 e. The van der Waals surface area contributed by atoms with Gasteiger partial charge in [0.1, 0.15) is 0 Å². The van der Waals surface area contributed by atoms with Crippen LogP contribution in [0.1, 0.15) is 5.56 Å². The molecule has 0 aliphatic rings. The van der Waals surface area contributed by atoms with E-state index in [1.807, 2.05) is 19.2 Å². The van der Waals surface area contributed by atoms with Crippen LogP contribution in [0.5, 0.6) is 0 Å². The predicted molar refractivity (Wildman–Crippen MR) is 83.7 cm³/mol. The highest BCUT2D eigenvalue weighted by Crippen LogP contribution is 2.25. The Labute approximate surface area is 127 Å². The number of methoxy groups -OCH3 is 1. The lowest BCUT2D eigenvalue weighted by atomic mass is 10.1. The minimum absolute atomic E-state index is 0.351. The molecule has 5 heteroatoms. The van der Waals surface area contributed by atoms with Crippen molar-refractivity contribution in [2.45, 2.75) is 12.6 Å². The Morgan fingerprint density at radius 3 is 2.95 bits per heavy atom. The van der Waals surface area contributed by atoms with Crippen LogP contribution in [0.25, 0.3) is 10.9 Å². The number of nitrogens with zero attached hydrogens (tertiary/aromatic N) is 2. The summed E-state index contributed by atoms with van der Waals surface area (Å²) in [7, 11) is 3.57. The van der Waals surface area contributed by atoms with Crippen LogP contribution in [-0.2, 0) is 11.3 Å². The van der Waals surface area contributed by atoms with Crippen molar-refractivity contribution in [3.05, 3.63) is 40.5 Å². The fourth-order valence-electron chi connectivity index (χ4n) is 2.28. The zero-order chi connectivity index (χ0) is 14.5. The predicted octanol–water partition coefficient (Wildman–Crippen LogP) is 2.44. The molecule has 0 fully saturated rings. The average molecular weight is 339 g/mol. The highest BCUT2D eigenvalue weighted by atomic mass is 79.9.